The van der Waals surface area contributed by atoms with Gasteiger partial charge in [0.1, 0.15) is 5.75 Å². The molecule has 0 spiro atoms. The number of hydrogen-bond donors (Lipinski definition) is 0. The molecular weight excluding hydrogens is 364 g/mol. The summed E-state index contributed by atoms with van der Waals surface area (Å²) >= 11 is 0. The molecule has 0 aromatic heterocycles. The first-order valence-corrected chi connectivity index (χ1v) is 10.7. The third-order valence-electron chi connectivity index (χ3n) is 4.77. The van der Waals surface area contributed by atoms with Crippen molar-refractivity contribution in [3.8, 4) is 5.75 Å². The summed E-state index contributed by atoms with van der Waals surface area (Å²) in [6, 6.07) is 14.7. The molecule has 6 nitrogen and oxygen atoms in total. The molecule has 1 aliphatic heterocycles. The number of nitrogens with zero attached hydrogens (tertiary/aromatic N) is 2. The van der Waals surface area contributed by atoms with Gasteiger partial charge in [0.25, 0.3) is 0 Å². The summed E-state index contributed by atoms with van der Waals surface area (Å²) in [6.45, 7) is 2.10. The van der Waals surface area contributed by atoms with Crippen LogP contribution in [0.25, 0.3) is 0 Å². The van der Waals surface area contributed by atoms with Crippen molar-refractivity contribution in [1.29, 1.82) is 0 Å². The van der Waals surface area contributed by atoms with Gasteiger partial charge in [0.15, 0.2) is 0 Å². The van der Waals surface area contributed by atoms with Crippen LogP contribution in [0, 0.1) is 0 Å². The molecule has 2 aromatic rings. The number of hydrogen-bond acceptors (Lipinski definition) is 4. The fourth-order valence-electron chi connectivity index (χ4n) is 3.50. The average Bonchev–Trinajstić information content (AvgIpc) is 2.97. The molecule has 0 fully saturated rings. The minimum absolute atomic E-state index is 0.0718. The third-order valence-corrected chi connectivity index (χ3v) is 5.96. The SMILES string of the molecule is COc1ccc(N(CCC(=O)N2c3ccccc3CC2C)S(C)(=O)=O)cc1. The molecule has 27 heavy (non-hydrogen) atoms. The highest BCUT2D eigenvalue weighted by Gasteiger charge is 2.31. The van der Waals surface area contributed by atoms with Gasteiger partial charge in [-0.15, -0.1) is 0 Å². The van der Waals surface area contributed by atoms with Crippen molar-refractivity contribution in [3.63, 3.8) is 0 Å². The molecule has 1 atom stereocenters. The fraction of sp³-hybridized carbons (Fsp3) is 0.350. The van der Waals surface area contributed by atoms with E-state index in [1.165, 1.54) is 4.31 Å². The number of carbonyl (C=O) groups is 1. The predicted octanol–water partition coefficient (Wildman–Crippen LogP) is 2.83. The zero-order chi connectivity index (χ0) is 19.6. The summed E-state index contributed by atoms with van der Waals surface area (Å²) in [7, 11) is -1.96. The summed E-state index contributed by atoms with van der Waals surface area (Å²) in [5.74, 6) is 0.570. The zero-order valence-electron chi connectivity index (χ0n) is 15.8. The molecule has 144 valence electrons. The largest absolute Gasteiger partial charge is 0.497 e. The number of ether oxygens (including phenoxy) is 1. The lowest BCUT2D eigenvalue weighted by Gasteiger charge is -2.26. The van der Waals surface area contributed by atoms with Gasteiger partial charge >= 0.3 is 0 Å². The lowest BCUT2D eigenvalue weighted by molar-refractivity contribution is -0.118. The zero-order valence-corrected chi connectivity index (χ0v) is 16.6. The predicted molar refractivity (Wildman–Crippen MR) is 107 cm³/mol. The lowest BCUT2D eigenvalue weighted by Crippen LogP contribution is -2.39. The Morgan fingerprint density at radius 1 is 1.19 bits per heavy atom. The van der Waals surface area contributed by atoms with Crippen LogP contribution < -0.4 is 13.9 Å². The number of anilines is 2. The molecule has 0 saturated heterocycles. The van der Waals surface area contributed by atoms with E-state index >= 15 is 0 Å². The second-order valence-electron chi connectivity index (χ2n) is 6.73. The first kappa shape index (κ1) is 19.2. The number of carbonyl (C=O) groups excluding carboxylic acids is 1. The molecule has 7 heteroatoms. The fourth-order valence-corrected chi connectivity index (χ4v) is 4.43. The van der Waals surface area contributed by atoms with Crippen LogP contribution in [0.5, 0.6) is 5.75 Å². The van der Waals surface area contributed by atoms with Crippen molar-refractivity contribution >= 4 is 27.3 Å². The van der Waals surface area contributed by atoms with Crippen molar-refractivity contribution < 1.29 is 17.9 Å². The molecule has 1 aliphatic rings. The van der Waals surface area contributed by atoms with Crippen LogP contribution in [0.4, 0.5) is 11.4 Å². The highest BCUT2D eigenvalue weighted by Crippen LogP contribution is 2.32. The molecule has 2 aromatic carbocycles. The molecular formula is C20H24N2O4S. The molecule has 3 rings (SSSR count). The lowest BCUT2D eigenvalue weighted by atomic mass is 10.1. The number of fused-ring (bicyclic) bond motifs is 1. The molecule has 1 heterocycles. The van der Waals surface area contributed by atoms with Crippen molar-refractivity contribution in [3.05, 3.63) is 54.1 Å². The number of sulfonamides is 1. The highest BCUT2D eigenvalue weighted by atomic mass is 32.2. The number of benzene rings is 2. The minimum atomic E-state index is -3.51. The van der Waals surface area contributed by atoms with Gasteiger partial charge in [0.2, 0.25) is 15.9 Å². The Morgan fingerprint density at radius 2 is 1.85 bits per heavy atom. The van der Waals surface area contributed by atoms with E-state index in [0.717, 1.165) is 23.9 Å². The molecule has 0 saturated carbocycles. The second kappa shape index (κ2) is 7.60. The van der Waals surface area contributed by atoms with E-state index in [9.17, 15) is 13.2 Å². The van der Waals surface area contributed by atoms with Gasteiger partial charge < -0.3 is 9.64 Å². The van der Waals surface area contributed by atoms with Gasteiger partial charge in [0.05, 0.1) is 19.1 Å². The Bertz CT molecular complexity index is 925. The van der Waals surface area contributed by atoms with Crippen molar-refractivity contribution in [2.24, 2.45) is 0 Å². The molecule has 1 unspecified atom stereocenters. The Labute approximate surface area is 160 Å². The highest BCUT2D eigenvalue weighted by molar-refractivity contribution is 7.92. The maximum Gasteiger partial charge on any atom is 0.232 e. The summed E-state index contributed by atoms with van der Waals surface area (Å²) in [4.78, 5) is 14.6. The molecule has 0 N–H and O–H groups in total. The maximum atomic E-state index is 12.9. The van der Waals surface area contributed by atoms with Gasteiger partial charge in [-0.3, -0.25) is 9.10 Å². The first-order chi connectivity index (χ1) is 12.8. The first-order valence-electron chi connectivity index (χ1n) is 8.83. The van der Waals surface area contributed by atoms with E-state index < -0.39 is 10.0 Å². The minimum Gasteiger partial charge on any atom is -0.497 e. The number of rotatable bonds is 6. The quantitative estimate of drug-likeness (QED) is 0.763. The van der Waals surface area contributed by atoms with Crippen molar-refractivity contribution in [2.75, 3.05) is 29.1 Å². The smallest absolute Gasteiger partial charge is 0.232 e. The van der Waals surface area contributed by atoms with Crippen LogP contribution >= 0.6 is 0 Å². The maximum absolute atomic E-state index is 12.9. The van der Waals surface area contributed by atoms with Crippen LogP contribution in [0.2, 0.25) is 0 Å². The standard InChI is InChI=1S/C20H24N2O4S/c1-15-14-16-6-4-5-7-19(16)22(15)20(23)12-13-21(27(3,24)25)17-8-10-18(26-2)11-9-17/h4-11,15H,12-14H2,1-3H3. The molecule has 0 bridgehead atoms. The number of para-hydroxylation sites is 1. The Kier molecular flexibility index (Phi) is 5.41. The van der Waals surface area contributed by atoms with Crippen molar-refractivity contribution in [2.45, 2.75) is 25.8 Å². The van der Waals surface area contributed by atoms with Crippen molar-refractivity contribution in [1.82, 2.24) is 0 Å². The van der Waals surface area contributed by atoms with E-state index in [1.54, 1.807) is 36.3 Å². The summed E-state index contributed by atoms with van der Waals surface area (Å²) in [6.07, 6.45) is 2.07. The second-order valence-corrected chi connectivity index (χ2v) is 8.64. The van der Waals surface area contributed by atoms with Gasteiger partial charge in [-0.25, -0.2) is 8.42 Å². The van der Waals surface area contributed by atoms with Gasteiger partial charge in [-0.05, 0) is 49.2 Å². The summed E-state index contributed by atoms with van der Waals surface area (Å²) in [5.41, 5.74) is 2.58. The Morgan fingerprint density at radius 3 is 2.48 bits per heavy atom. The molecule has 0 aliphatic carbocycles. The molecule has 0 radical (unpaired) electrons. The van der Waals surface area contributed by atoms with Gasteiger partial charge in [0, 0.05) is 24.7 Å². The Balaban J connectivity index is 1.77. The third kappa shape index (κ3) is 4.08. The topological polar surface area (TPSA) is 66.9 Å². The summed E-state index contributed by atoms with van der Waals surface area (Å²) < 4.78 is 30.9. The Hall–Kier alpha value is -2.54. The normalized spacial score (nSPS) is 16.1. The van der Waals surface area contributed by atoms with Crippen LogP contribution in [-0.4, -0.2) is 40.3 Å². The van der Waals surface area contributed by atoms with E-state index in [1.807, 2.05) is 31.2 Å². The van der Waals surface area contributed by atoms with E-state index in [2.05, 4.69) is 0 Å². The van der Waals surface area contributed by atoms with Gasteiger partial charge in [-0.2, -0.15) is 0 Å². The van der Waals surface area contributed by atoms with Crippen LogP contribution in [0.15, 0.2) is 48.5 Å². The van der Waals surface area contributed by atoms with E-state index in [0.29, 0.717) is 11.4 Å². The summed E-state index contributed by atoms with van der Waals surface area (Å²) in [5, 5.41) is 0. The average molecular weight is 388 g/mol. The van der Waals surface area contributed by atoms with Crippen LogP contribution in [-0.2, 0) is 21.2 Å². The van der Waals surface area contributed by atoms with Crippen LogP contribution in [0.1, 0.15) is 18.9 Å². The number of methoxy groups -OCH3 is 1. The van der Waals surface area contributed by atoms with E-state index in [-0.39, 0.29) is 24.9 Å². The van der Waals surface area contributed by atoms with E-state index in [4.69, 9.17) is 4.74 Å². The molecule has 1 amide bonds. The van der Waals surface area contributed by atoms with Crippen LogP contribution in [0.3, 0.4) is 0 Å². The van der Waals surface area contributed by atoms with Gasteiger partial charge in [-0.1, -0.05) is 18.2 Å². The number of amides is 1. The monoisotopic (exact) mass is 388 g/mol.